The lowest BCUT2D eigenvalue weighted by Crippen LogP contribution is -2.07. The molecule has 0 aliphatic heterocycles. The van der Waals surface area contributed by atoms with E-state index in [2.05, 4.69) is 10.3 Å². The summed E-state index contributed by atoms with van der Waals surface area (Å²) in [4.78, 5) is 4.14. The average Bonchev–Trinajstić information content (AvgIpc) is 2.28. The Bertz CT molecular complexity index is 552. The fourth-order valence-corrected chi connectivity index (χ4v) is 1.98. The van der Waals surface area contributed by atoms with Gasteiger partial charge in [-0.15, -0.1) is 0 Å². The SMILES string of the molecule is Cc1cncc(NC(C)c2ccc(C)cc2O)c1. The third-order valence-corrected chi connectivity index (χ3v) is 2.91. The molecule has 2 rings (SSSR count). The molecule has 0 saturated heterocycles. The van der Waals surface area contributed by atoms with Gasteiger partial charge in [-0.1, -0.05) is 12.1 Å². The Balaban J connectivity index is 2.19. The predicted molar refractivity (Wildman–Crippen MR) is 73.9 cm³/mol. The number of rotatable bonds is 3. The molecule has 3 heteroatoms. The van der Waals surface area contributed by atoms with Crippen LogP contribution in [0.4, 0.5) is 5.69 Å². The van der Waals surface area contributed by atoms with Crippen LogP contribution in [0, 0.1) is 13.8 Å². The molecule has 0 saturated carbocycles. The third-order valence-electron chi connectivity index (χ3n) is 2.91. The number of nitrogens with one attached hydrogen (secondary N) is 1. The quantitative estimate of drug-likeness (QED) is 0.864. The lowest BCUT2D eigenvalue weighted by atomic mass is 10.0. The van der Waals surface area contributed by atoms with Gasteiger partial charge >= 0.3 is 0 Å². The van der Waals surface area contributed by atoms with E-state index in [0.717, 1.165) is 22.4 Å². The highest BCUT2D eigenvalue weighted by Crippen LogP contribution is 2.27. The van der Waals surface area contributed by atoms with Crippen LogP contribution in [0.5, 0.6) is 5.75 Å². The minimum atomic E-state index is 0.0363. The predicted octanol–water partition coefficient (Wildman–Crippen LogP) is 3.58. The number of phenolic OH excluding ortho intramolecular Hbond substituents is 1. The first-order chi connectivity index (χ1) is 8.56. The molecule has 1 unspecified atom stereocenters. The molecule has 0 radical (unpaired) electrons. The van der Waals surface area contributed by atoms with Crippen molar-refractivity contribution in [1.82, 2.24) is 4.98 Å². The van der Waals surface area contributed by atoms with Crippen LogP contribution in [0.2, 0.25) is 0 Å². The number of benzene rings is 1. The first-order valence-electron chi connectivity index (χ1n) is 6.04. The van der Waals surface area contributed by atoms with E-state index in [1.54, 1.807) is 12.3 Å². The summed E-state index contributed by atoms with van der Waals surface area (Å²) in [5.41, 5.74) is 4.02. The number of aromatic hydroxyl groups is 1. The Hall–Kier alpha value is -2.03. The third kappa shape index (κ3) is 2.80. The lowest BCUT2D eigenvalue weighted by Gasteiger charge is -2.17. The summed E-state index contributed by atoms with van der Waals surface area (Å²) in [5, 5.41) is 13.3. The second-order valence-corrected chi connectivity index (χ2v) is 4.68. The molecule has 1 aromatic heterocycles. The summed E-state index contributed by atoms with van der Waals surface area (Å²) < 4.78 is 0. The van der Waals surface area contributed by atoms with Gasteiger partial charge in [-0.2, -0.15) is 0 Å². The Kier molecular flexibility index (Phi) is 3.51. The maximum Gasteiger partial charge on any atom is 0.121 e. The standard InChI is InChI=1S/C15H18N2O/c1-10-4-5-14(15(18)7-10)12(3)17-13-6-11(2)8-16-9-13/h4-9,12,17-18H,1-3H3. The molecule has 0 aliphatic carbocycles. The summed E-state index contributed by atoms with van der Waals surface area (Å²) >= 11 is 0. The van der Waals surface area contributed by atoms with Crippen molar-refractivity contribution >= 4 is 5.69 Å². The van der Waals surface area contributed by atoms with Gasteiger partial charge in [0.2, 0.25) is 0 Å². The van der Waals surface area contributed by atoms with Gasteiger partial charge in [-0.3, -0.25) is 4.98 Å². The van der Waals surface area contributed by atoms with Gasteiger partial charge < -0.3 is 10.4 Å². The molecule has 0 amide bonds. The number of anilines is 1. The van der Waals surface area contributed by atoms with E-state index >= 15 is 0 Å². The number of aromatic nitrogens is 1. The molecular weight excluding hydrogens is 224 g/mol. The van der Waals surface area contributed by atoms with E-state index in [4.69, 9.17) is 0 Å². The van der Waals surface area contributed by atoms with Gasteiger partial charge in [-0.25, -0.2) is 0 Å². The number of hydrogen-bond donors (Lipinski definition) is 2. The van der Waals surface area contributed by atoms with Gasteiger partial charge in [0.1, 0.15) is 5.75 Å². The van der Waals surface area contributed by atoms with Crippen molar-refractivity contribution < 1.29 is 5.11 Å². The van der Waals surface area contributed by atoms with Gasteiger partial charge in [0.15, 0.2) is 0 Å². The van der Waals surface area contributed by atoms with Crippen molar-refractivity contribution in [3.8, 4) is 5.75 Å². The van der Waals surface area contributed by atoms with Crippen molar-refractivity contribution in [3.05, 3.63) is 53.3 Å². The molecule has 0 bridgehead atoms. The van der Waals surface area contributed by atoms with Crippen molar-refractivity contribution in [3.63, 3.8) is 0 Å². The van der Waals surface area contributed by atoms with Crippen LogP contribution < -0.4 is 5.32 Å². The molecule has 1 aromatic carbocycles. The number of nitrogens with zero attached hydrogens (tertiary/aromatic N) is 1. The Morgan fingerprint density at radius 3 is 2.56 bits per heavy atom. The van der Waals surface area contributed by atoms with Crippen molar-refractivity contribution in [2.75, 3.05) is 5.32 Å². The molecule has 1 atom stereocenters. The Morgan fingerprint density at radius 1 is 1.11 bits per heavy atom. The molecular formula is C15H18N2O. The van der Waals surface area contributed by atoms with E-state index in [1.165, 1.54) is 0 Å². The van der Waals surface area contributed by atoms with E-state index in [0.29, 0.717) is 5.75 Å². The van der Waals surface area contributed by atoms with E-state index in [-0.39, 0.29) is 6.04 Å². The van der Waals surface area contributed by atoms with Crippen LogP contribution >= 0.6 is 0 Å². The lowest BCUT2D eigenvalue weighted by molar-refractivity contribution is 0.465. The molecule has 0 spiro atoms. The summed E-state index contributed by atoms with van der Waals surface area (Å²) in [6, 6.07) is 7.80. The van der Waals surface area contributed by atoms with Crippen LogP contribution in [-0.2, 0) is 0 Å². The van der Waals surface area contributed by atoms with Crippen molar-refractivity contribution in [2.45, 2.75) is 26.8 Å². The van der Waals surface area contributed by atoms with Crippen molar-refractivity contribution in [2.24, 2.45) is 0 Å². The fraction of sp³-hybridized carbons (Fsp3) is 0.267. The van der Waals surface area contributed by atoms with Gasteiger partial charge in [0.25, 0.3) is 0 Å². The largest absolute Gasteiger partial charge is 0.508 e. The number of pyridine rings is 1. The monoisotopic (exact) mass is 242 g/mol. The summed E-state index contributed by atoms with van der Waals surface area (Å²) in [5.74, 6) is 0.329. The highest BCUT2D eigenvalue weighted by molar-refractivity contribution is 5.47. The molecule has 0 fully saturated rings. The zero-order valence-corrected chi connectivity index (χ0v) is 10.9. The zero-order chi connectivity index (χ0) is 13.1. The van der Waals surface area contributed by atoms with E-state index < -0.39 is 0 Å². The normalized spacial score (nSPS) is 12.2. The highest BCUT2D eigenvalue weighted by Gasteiger charge is 2.10. The first-order valence-corrected chi connectivity index (χ1v) is 6.04. The van der Waals surface area contributed by atoms with Crippen molar-refractivity contribution in [1.29, 1.82) is 0 Å². The second kappa shape index (κ2) is 5.08. The summed E-state index contributed by atoms with van der Waals surface area (Å²) in [6.45, 7) is 5.99. The first kappa shape index (κ1) is 12.4. The minimum absolute atomic E-state index is 0.0363. The van der Waals surface area contributed by atoms with Crippen LogP contribution in [-0.4, -0.2) is 10.1 Å². The van der Waals surface area contributed by atoms with Crippen LogP contribution in [0.15, 0.2) is 36.7 Å². The molecule has 1 heterocycles. The average molecular weight is 242 g/mol. The molecule has 0 aliphatic rings. The van der Waals surface area contributed by atoms with E-state index in [1.807, 2.05) is 45.2 Å². The van der Waals surface area contributed by atoms with Gasteiger partial charge in [0.05, 0.1) is 11.7 Å². The molecule has 18 heavy (non-hydrogen) atoms. The smallest absolute Gasteiger partial charge is 0.121 e. The number of phenols is 1. The number of hydrogen-bond acceptors (Lipinski definition) is 3. The zero-order valence-electron chi connectivity index (χ0n) is 10.9. The van der Waals surface area contributed by atoms with Gasteiger partial charge in [-0.05, 0) is 44.0 Å². The maximum absolute atomic E-state index is 9.94. The second-order valence-electron chi connectivity index (χ2n) is 4.68. The van der Waals surface area contributed by atoms with Crippen LogP contribution in [0.25, 0.3) is 0 Å². The fourth-order valence-electron chi connectivity index (χ4n) is 1.98. The van der Waals surface area contributed by atoms with Crippen LogP contribution in [0.3, 0.4) is 0 Å². The van der Waals surface area contributed by atoms with Crippen LogP contribution in [0.1, 0.15) is 29.7 Å². The summed E-state index contributed by atoms with van der Waals surface area (Å²) in [6.07, 6.45) is 3.61. The molecule has 2 N–H and O–H groups in total. The highest BCUT2D eigenvalue weighted by atomic mass is 16.3. The topological polar surface area (TPSA) is 45.2 Å². The molecule has 2 aromatic rings. The molecule has 94 valence electrons. The van der Waals surface area contributed by atoms with E-state index in [9.17, 15) is 5.11 Å². The molecule has 3 nitrogen and oxygen atoms in total. The maximum atomic E-state index is 9.94. The minimum Gasteiger partial charge on any atom is -0.508 e. The Labute approximate surface area is 108 Å². The Morgan fingerprint density at radius 2 is 1.89 bits per heavy atom. The van der Waals surface area contributed by atoms with Gasteiger partial charge in [0, 0.05) is 18.0 Å². The summed E-state index contributed by atoms with van der Waals surface area (Å²) in [7, 11) is 0. The number of aryl methyl sites for hydroxylation is 2.